The van der Waals surface area contributed by atoms with Crippen molar-refractivity contribution in [1.29, 1.82) is 0 Å². The molecular weight excluding hydrogens is 302 g/mol. The highest BCUT2D eigenvalue weighted by atomic mass is 32.2. The van der Waals surface area contributed by atoms with Crippen LogP contribution in [0.5, 0.6) is 5.75 Å². The molecule has 0 unspecified atom stereocenters. The number of aromatic hydroxyl groups is 1. The Morgan fingerprint density at radius 1 is 1.33 bits per heavy atom. The van der Waals surface area contributed by atoms with Gasteiger partial charge in [-0.05, 0) is 19.1 Å². The van der Waals surface area contributed by atoms with Crippen molar-refractivity contribution in [1.82, 2.24) is 0 Å². The van der Waals surface area contributed by atoms with E-state index in [4.69, 9.17) is 5.11 Å². The number of hydrogen-bond acceptors (Lipinski definition) is 6. The molecule has 0 saturated heterocycles. The smallest absolute Gasteiger partial charge is 0.339 e. The Bertz CT molecular complexity index is 639. The van der Waals surface area contributed by atoms with Gasteiger partial charge in [-0.25, -0.2) is 13.2 Å². The first-order valence-electron chi connectivity index (χ1n) is 5.97. The third-order valence-corrected chi connectivity index (χ3v) is 3.67. The largest absolute Gasteiger partial charge is 0.507 e. The summed E-state index contributed by atoms with van der Waals surface area (Å²) in [5.74, 6) is -3.00. The number of benzene rings is 1. The molecule has 0 aromatic heterocycles. The van der Waals surface area contributed by atoms with Crippen LogP contribution in [-0.2, 0) is 19.6 Å². The van der Waals surface area contributed by atoms with E-state index < -0.39 is 33.5 Å². The molecule has 0 aliphatic heterocycles. The highest BCUT2D eigenvalue weighted by molar-refractivity contribution is 7.92. The van der Waals surface area contributed by atoms with E-state index in [0.29, 0.717) is 0 Å². The monoisotopic (exact) mass is 317 g/mol. The van der Waals surface area contributed by atoms with Gasteiger partial charge < -0.3 is 14.9 Å². The molecule has 8 nitrogen and oxygen atoms in total. The van der Waals surface area contributed by atoms with Gasteiger partial charge in [0.1, 0.15) is 11.3 Å². The summed E-state index contributed by atoms with van der Waals surface area (Å²) in [5, 5.41) is 18.2. The first-order chi connectivity index (χ1) is 9.75. The van der Waals surface area contributed by atoms with Gasteiger partial charge >= 0.3 is 11.9 Å². The molecule has 0 aliphatic carbocycles. The lowest BCUT2D eigenvalue weighted by Crippen LogP contribution is -2.20. The Balaban J connectivity index is 2.73. The molecule has 116 valence electrons. The van der Waals surface area contributed by atoms with E-state index in [1.165, 1.54) is 6.07 Å². The molecule has 1 aromatic carbocycles. The minimum Gasteiger partial charge on any atom is -0.507 e. The molecule has 0 aliphatic rings. The SMILES string of the molecule is CCOC(=O)CCS(=O)(=O)Nc1ccc(C(=O)O)c(O)c1. The molecule has 0 spiro atoms. The molecule has 1 aromatic rings. The molecule has 21 heavy (non-hydrogen) atoms. The van der Waals surface area contributed by atoms with E-state index >= 15 is 0 Å². The van der Waals surface area contributed by atoms with Crippen LogP contribution in [0.1, 0.15) is 23.7 Å². The maximum Gasteiger partial charge on any atom is 0.339 e. The second-order valence-corrected chi connectivity index (χ2v) is 5.85. The summed E-state index contributed by atoms with van der Waals surface area (Å²) < 4.78 is 30.2. The van der Waals surface area contributed by atoms with Crippen LogP contribution < -0.4 is 4.72 Å². The lowest BCUT2D eigenvalue weighted by molar-refractivity contribution is -0.142. The van der Waals surface area contributed by atoms with Crippen LogP contribution in [0.15, 0.2) is 18.2 Å². The minimum absolute atomic E-state index is 0.00126. The Labute approximate surface area is 121 Å². The number of aromatic carboxylic acids is 1. The Hall–Kier alpha value is -2.29. The minimum atomic E-state index is -3.81. The van der Waals surface area contributed by atoms with Crippen LogP contribution in [0, 0.1) is 0 Å². The number of anilines is 1. The van der Waals surface area contributed by atoms with E-state index in [1.54, 1.807) is 6.92 Å². The number of hydrogen-bond donors (Lipinski definition) is 3. The summed E-state index contributed by atoms with van der Waals surface area (Å²) in [4.78, 5) is 21.8. The maximum absolute atomic E-state index is 11.7. The fourth-order valence-corrected chi connectivity index (χ4v) is 2.48. The van der Waals surface area contributed by atoms with Crippen LogP contribution in [-0.4, -0.2) is 42.9 Å². The number of carboxylic acids is 1. The van der Waals surface area contributed by atoms with Crippen LogP contribution in [0.2, 0.25) is 0 Å². The first kappa shape index (κ1) is 16.8. The zero-order chi connectivity index (χ0) is 16.0. The second kappa shape index (κ2) is 6.93. The summed E-state index contributed by atoms with van der Waals surface area (Å²) in [6.07, 6.45) is -0.303. The molecule has 3 N–H and O–H groups in total. The van der Waals surface area contributed by atoms with E-state index in [0.717, 1.165) is 12.1 Å². The van der Waals surface area contributed by atoms with Gasteiger partial charge in [0.05, 0.1) is 24.5 Å². The number of phenols is 1. The van der Waals surface area contributed by atoms with Crippen molar-refractivity contribution in [3.63, 3.8) is 0 Å². The van der Waals surface area contributed by atoms with Crippen molar-refractivity contribution >= 4 is 27.6 Å². The Morgan fingerprint density at radius 2 is 2.00 bits per heavy atom. The van der Waals surface area contributed by atoms with Gasteiger partial charge in [0.15, 0.2) is 0 Å². The molecule has 0 radical (unpaired) electrons. The number of carbonyl (C=O) groups excluding carboxylic acids is 1. The zero-order valence-corrected chi connectivity index (χ0v) is 12.0. The van der Waals surface area contributed by atoms with Gasteiger partial charge in [-0.2, -0.15) is 0 Å². The third kappa shape index (κ3) is 5.30. The highest BCUT2D eigenvalue weighted by Crippen LogP contribution is 2.22. The standard InChI is InChI=1S/C12H15NO7S/c1-2-20-11(15)5-6-21(18,19)13-8-3-4-9(12(16)17)10(14)7-8/h3-4,7,13-14H,2,5-6H2,1H3,(H,16,17). The van der Waals surface area contributed by atoms with Crippen LogP contribution in [0.4, 0.5) is 5.69 Å². The molecule has 0 saturated carbocycles. The summed E-state index contributed by atoms with van der Waals surface area (Å²) >= 11 is 0. The van der Waals surface area contributed by atoms with Gasteiger partial charge in [0.2, 0.25) is 10.0 Å². The quantitative estimate of drug-likeness (QED) is 0.634. The second-order valence-electron chi connectivity index (χ2n) is 4.01. The lowest BCUT2D eigenvalue weighted by atomic mass is 10.2. The van der Waals surface area contributed by atoms with Gasteiger partial charge in [0.25, 0.3) is 0 Å². The predicted molar refractivity (Wildman–Crippen MR) is 73.7 cm³/mol. The normalized spacial score (nSPS) is 10.9. The van der Waals surface area contributed by atoms with Crippen molar-refractivity contribution in [2.45, 2.75) is 13.3 Å². The van der Waals surface area contributed by atoms with E-state index in [9.17, 15) is 23.1 Å². The van der Waals surface area contributed by atoms with Gasteiger partial charge in [-0.15, -0.1) is 0 Å². The number of carboxylic acid groups (broad SMARTS) is 1. The third-order valence-electron chi connectivity index (χ3n) is 2.38. The fraction of sp³-hybridized carbons (Fsp3) is 0.333. The van der Waals surface area contributed by atoms with Crippen molar-refractivity contribution in [2.75, 3.05) is 17.1 Å². The molecule has 1 rings (SSSR count). The van der Waals surface area contributed by atoms with Gasteiger partial charge in [-0.3, -0.25) is 9.52 Å². The molecule has 0 heterocycles. The van der Waals surface area contributed by atoms with Crippen molar-refractivity contribution < 1.29 is 33.0 Å². The van der Waals surface area contributed by atoms with E-state index in [-0.39, 0.29) is 24.3 Å². The zero-order valence-electron chi connectivity index (χ0n) is 11.2. The molecular formula is C12H15NO7S. The first-order valence-corrected chi connectivity index (χ1v) is 7.63. The number of carbonyl (C=O) groups is 2. The molecule has 0 fully saturated rings. The average molecular weight is 317 g/mol. The summed E-state index contributed by atoms with van der Waals surface area (Å²) in [6, 6.07) is 3.25. The number of esters is 1. The Kier molecular flexibility index (Phi) is 5.53. The number of rotatable bonds is 7. The average Bonchev–Trinajstić information content (AvgIpc) is 2.36. The Morgan fingerprint density at radius 3 is 2.52 bits per heavy atom. The maximum atomic E-state index is 11.7. The van der Waals surface area contributed by atoms with Crippen LogP contribution in [0.3, 0.4) is 0 Å². The van der Waals surface area contributed by atoms with Crippen LogP contribution >= 0.6 is 0 Å². The lowest BCUT2D eigenvalue weighted by Gasteiger charge is -2.09. The number of ether oxygens (including phenoxy) is 1. The summed E-state index contributed by atoms with van der Waals surface area (Å²) in [7, 11) is -3.81. The highest BCUT2D eigenvalue weighted by Gasteiger charge is 2.16. The van der Waals surface area contributed by atoms with E-state index in [2.05, 4.69) is 9.46 Å². The van der Waals surface area contributed by atoms with Gasteiger partial charge in [-0.1, -0.05) is 0 Å². The van der Waals surface area contributed by atoms with Crippen molar-refractivity contribution in [2.24, 2.45) is 0 Å². The number of nitrogens with one attached hydrogen (secondary N) is 1. The molecule has 0 atom stereocenters. The molecule has 0 amide bonds. The van der Waals surface area contributed by atoms with Crippen molar-refractivity contribution in [3.8, 4) is 5.75 Å². The molecule has 0 bridgehead atoms. The van der Waals surface area contributed by atoms with Crippen molar-refractivity contribution in [3.05, 3.63) is 23.8 Å². The van der Waals surface area contributed by atoms with Gasteiger partial charge in [0, 0.05) is 6.07 Å². The fourth-order valence-electron chi connectivity index (χ4n) is 1.46. The van der Waals surface area contributed by atoms with E-state index in [1.807, 2.05) is 0 Å². The predicted octanol–water partition coefficient (Wildman–Crippen LogP) is 0.785. The summed E-state index contributed by atoms with van der Waals surface area (Å²) in [6.45, 7) is 1.77. The van der Waals surface area contributed by atoms with Crippen LogP contribution in [0.25, 0.3) is 0 Å². The molecule has 9 heteroatoms. The number of sulfonamides is 1. The summed E-state index contributed by atoms with van der Waals surface area (Å²) in [5.41, 5.74) is -0.342. The topological polar surface area (TPSA) is 130 Å².